The van der Waals surface area contributed by atoms with Gasteiger partial charge in [-0.05, 0) is 31.7 Å². The Bertz CT molecular complexity index is 392. The molecule has 0 aliphatic carbocycles. The SMILES string of the molecule is O=C(O)CCC1CCN(C2CCS(=O)(=O)C2)C1. The van der Waals surface area contributed by atoms with Crippen LogP contribution in [-0.2, 0) is 14.6 Å². The number of sulfone groups is 1. The van der Waals surface area contributed by atoms with Crippen molar-refractivity contribution in [2.75, 3.05) is 24.6 Å². The van der Waals surface area contributed by atoms with Crippen molar-refractivity contribution in [3.05, 3.63) is 0 Å². The third-order valence-corrected chi connectivity index (χ3v) is 5.56. The van der Waals surface area contributed by atoms with Gasteiger partial charge in [0.15, 0.2) is 9.84 Å². The van der Waals surface area contributed by atoms with E-state index in [1.807, 2.05) is 0 Å². The molecule has 0 bridgehead atoms. The second-order valence-corrected chi connectivity index (χ2v) is 7.37. The molecule has 2 aliphatic rings. The lowest BCUT2D eigenvalue weighted by molar-refractivity contribution is -0.137. The molecule has 0 aromatic carbocycles. The standard InChI is InChI=1S/C11H19NO4S/c13-11(14)2-1-9-3-5-12(7-9)10-4-6-17(15,16)8-10/h9-10H,1-8H2,(H,13,14). The quantitative estimate of drug-likeness (QED) is 0.791. The second kappa shape index (κ2) is 4.94. The molecule has 0 aromatic rings. The van der Waals surface area contributed by atoms with Gasteiger partial charge < -0.3 is 5.11 Å². The summed E-state index contributed by atoms with van der Waals surface area (Å²) in [5.41, 5.74) is 0. The molecule has 2 fully saturated rings. The first-order valence-electron chi connectivity index (χ1n) is 6.12. The number of carbonyl (C=O) groups is 1. The molecular weight excluding hydrogens is 242 g/mol. The van der Waals surface area contributed by atoms with Crippen LogP contribution in [0, 0.1) is 5.92 Å². The second-order valence-electron chi connectivity index (χ2n) is 5.14. The maximum absolute atomic E-state index is 11.4. The van der Waals surface area contributed by atoms with Crippen LogP contribution in [-0.4, -0.2) is 55.0 Å². The van der Waals surface area contributed by atoms with E-state index >= 15 is 0 Å². The van der Waals surface area contributed by atoms with E-state index in [0.29, 0.717) is 23.8 Å². The van der Waals surface area contributed by atoms with Gasteiger partial charge in [-0.3, -0.25) is 9.69 Å². The van der Waals surface area contributed by atoms with Gasteiger partial charge in [0, 0.05) is 19.0 Å². The molecule has 1 N–H and O–H groups in total. The van der Waals surface area contributed by atoms with E-state index < -0.39 is 15.8 Å². The highest BCUT2D eigenvalue weighted by Gasteiger charge is 2.35. The summed E-state index contributed by atoms with van der Waals surface area (Å²) in [6.45, 7) is 1.79. The molecule has 2 saturated heterocycles. The van der Waals surface area contributed by atoms with E-state index in [-0.39, 0.29) is 12.5 Å². The average Bonchev–Trinajstić information content (AvgIpc) is 2.81. The Labute approximate surface area is 102 Å². The fraction of sp³-hybridized carbons (Fsp3) is 0.909. The molecular formula is C11H19NO4S. The van der Waals surface area contributed by atoms with Gasteiger partial charge in [0.2, 0.25) is 0 Å². The molecule has 0 saturated carbocycles. The molecule has 17 heavy (non-hydrogen) atoms. The van der Waals surface area contributed by atoms with E-state index in [9.17, 15) is 13.2 Å². The number of likely N-dealkylation sites (tertiary alicyclic amines) is 1. The van der Waals surface area contributed by atoms with Crippen molar-refractivity contribution in [3.8, 4) is 0 Å². The normalized spacial score (nSPS) is 32.9. The highest BCUT2D eigenvalue weighted by atomic mass is 32.2. The summed E-state index contributed by atoms with van der Waals surface area (Å²) in [7, 11) is -2.81. The predicted molar refractivity (Wildman–Crippen MR) is 63.6 cm³/mol. The number of aliphatic carboxylic acids is 1. The summed E-state index contributed by atoms with van der Waals surface area (Å²) in [5, 5.41) is 8.63. The van der Waals surface area contributed by atoms with Crippen LogP contribution in [0.4, 0.5) is 0 Å². The summed E-state index contributed by atoms with van der Waals surface area (Å²) in [6, 6.07) is 0.176. The molecule has 2 heterocycles. The van der Waals surface area contributed by atoms with Gasteiger partial charge in [0.1, 0.15) is 0 Å². The highest BCUT2D eigenvalue weighted by Crippen LogP contribution is 2.27. The van der Waals surface area contributed by atoms with E-state index in [2.05, 4.69) is 4.90 Å². The van der Waals surface area contributed by atoms with Crippen molar-refractivity contribution in [1.29, 1.82) is 0 Å². The number of nitrogens with zero attached hydrogens (tertiary/aromatic N) is 1. The lowest BCUT2D eigenvalue weighted by atomic mass is 10.0. The average molecular weight is 261 g/mol. The minimum Gasteiger partial charge on any atom is -0.481 e. The van der Waals surface area contributed by atoms with Crippen LogP contribution in [0.3, 0.4) is 0 Å². The van der Waals surface area contributed by atoms with Crippen molar-refractivity contribution in [2.24, 2.45) is 5.92 Å². The third-order valence-electron chi connectivity index (χ3n) is 3.81. The van der Waals surface area contributed by atoms with E-state index in [1.54, 1.807) is 0 Å². The molecule has 5 nitrogen and oxygen atoms in total. The minimum absolute atomic E-state index is 0.176. The van der Waals surface area contributed by atoms with Crippen LogP contribution in [0.5, 0.6) is 0 Å². The van der Waals surface area contributed by atoms with Gasteiger partial charge in [-0.2, -0.15) is 0 Å². The largest absolute Gasteiger partial charge is 0.481 e. The molecule has 2 rings (SSSR count). The van der Waals surface area contributed by atoms with Crippen molar-refractivity contribution in [2.45, 2.75) is 31.7 Å². The molecule has 6 heteroatoms. The van der Waals surface area contributed by atoms with E-state index in [4.69, 9.17) is 5.11 Å². The van der Waals surface area contributed by atoms with Crippen LogP contribution >= 0.6 is 0 Å². The van der Waals surface area contributed by atoms with Gasteiger partial charge in [0.05, 0.1) is 11.5 Å². The smallest absolute Gasteiger partial charge is 0.303 e. The van der Waals surface area contributed by atoms with Crippen molar-refractivity contribution >= 4 is 15.8 Å². The first-order valence-corrected chi connectivity index (χ1v) is 7.95. The van der Waals surface area contributed by atoms with Crippen LogP contribution in [0.15, 0.2) is 0 Å². The number of carboxylic acids is 1. The number of hydrogen-bond donors (Lipinski definition) is 1. The Morgan fingerprint density at radius 2 is 2.12 bits per heavy atom. The third kappa shape index (κ3) is 3.42. The Morgan fingerprint density at radius 1 is 1.35 bits per heavy atom. The minimum atomic E-state index is -2.81. The van der Waals surface area contributed by atoms with E-state index in [0.717, 1.165) is 25.9 Å². The molecule has 0 amide bonds. The summed E-state index contributed by atoms with van der Waals surface area (Å²) in [6.07, 6.45) is 2.69. The molecule has 2 atom stereocenters. The molecule has 98 valence electrons. The lowest BCUT2D eigenvalue weighted by Gasteiger charge is -2.22. The summed E-state index contributed by atoms with van der Waals surface area (Å²) in [5.74, 6) is 0.286. The summed E-state index contributed by atoms with van der Waals surface area (Å²) in [4.78, 5) is 12.7. The van der Waals surface area contributed by atoms with Gasteiger partial charge in [-0.1, -0.05) is 0 Å². The van der Waals surface area contributed by atoms with Crippen molar-refractivity contribution in [1.82, 2.24) is 4.90 Å². The Balaban J connectivity index is 1.80. The zero-order valence-electron chi connectivity index (χ0n) is 9.84. The van der Waals surface area contributed by atoms with Gasteiger partial charge in [-0.25, -0.2) is 8.42 Å². The van der Waals surface area contributed by atoms with Gasteiger partial charge in [0.25, 0.3) is 0 Å². The fourth-order valence-electron chi connectivity index (χ4n) is 2.82. The zero-order valence-corrected chi connectivity index (χ0v) is 10.7. The first-order chi connectivity index (χ1) is 7.96. The molecule has 0 radical (unpaired) electrons. The maximum Gasteiger partial charge on any atom is 0.303 e. The Hall–Kier alpha value is -0.620. The number of carboxylic acid groups (broad SMARTS) is 1. The molecule has 2 aliphatic heterocycles. The summed E-state index contributed by atoms with van der Waals surface area (Å²) >= 11 is 0. The lowest BCUT2D eigenvalue weighted by Crippen LogP contribution is -2.34. The zero-order chi connectivity index (χ0) is 12.5. The van der Waals surface area contributed by atoms with Crippen molar-refractivity contribution in [3.63, 3.8) is 0 Å². The number of rotatable bonds is 4. The Kier molecular flexibility index (Phi) is 3.73. The highest BCUT2D eigenvalue weighted by molar-refractivity contribution is 7.91. The van der Waals surface area contributed by atoms with Crippen molar-refractivity contribution < 1.29 is 18.3 Å². The summed E-state index contributed by atoms with van der Waals surface area (Å²) < 4.78 is 22.8. The predicted octanol–water partition coefficient (Wildman–Crippen LogP) is 0.360. The topological polar surface area (TPSA) is 74.7 Å². The fourth-order valence-corrected chi connectivity index (χ4v) is 4.58. The number of hydrogen-bond acceptors (Lipinski definition) is 4. The monoisotopic (exact) mass is 261 g/mol. The Morgan fingerprint density at radius 3 is 2.71 bits per heavy atom. The van der Waals surface area contributed by atoms with Crippen LogP contribution in [0.2, 0.25) is 0 Å². The van der Waals surface area contributed by atoms with Gasteiger partial charge >= 0.3 is 5.97 Å². The van der Waals surface area contributed by atoms with E-state index in [1.165, 1.54) is 0 Å². The van der Waals surface area contributed by atoms with Gasteiger partial charge in [-0.15, -0.1) is 0 Å². The van der Waals surface area contributed by atoms with Crippen LogP contribution in [0.25, 0.3) is 0 Å². The van der Waals surface area contributed by atoms with Crippen LogP contribution < -0.4 is 0 Å². The molecule has 0 spiro atoms. The molecule has 2 unspecified atom stereocenters. The van der Waals surface area contributed by atoms with Crippen LogP contribution in [0.1, 0.15) is 25.7 Å². The maximum atomic E-state index is 11.4. The first kappa shape index (κ1) is 12.8. The molecule has 0 aromatic heterocycles.